The van der Waals surface area contributed by atoms with E-state index in [9.17, 15) is 5.11 Å². The summed E-state index contributed by atoms with van der Waals surface area (Å²) in [5.41, 5.74) is 0. The number of rotatable bonds is 6. The lowest BCUT2D eigenvalue weighted by Crippen LogP contribution is -2.18. The summed E-state index contributed by atoms with van der Waals surface area (Å²) in [5, 5.41) is 12.2. The minimum Gasteiger partial charge on any atom is -0.391 e. The van der Waals surface area contributed by atoms with Crippen molar-refractivity contribution in [1.29, 1.82) is 0 Å². The van der Waals surface area contributed by atoms with E-state index in [0.717, 1.165) is 12.8 Å². The number of hydrogen-bond acceptors (Lipinski definition) is 2. The molecule has 1 aromatic heterocycles. The van der Waals surface area contributed by atoms with Gasteiger partial charge in [-0.15, -0.1) is 35.3 Å². The average Bonchev–Trinajstić information content (AvgIpc) is 2.71. The van der Waals surface area contributed by atoms with E-state index in [1.807, 2.05) is 24.4 Å². The van der Waals surface area contributed by atoms with Gasteiger partial charge in [0.25, 0.3) is 0 Å². The fraction of sp³-hybridized carbons (Fsp3) is 0.538. The molecule has 0 bridgehead atoms. The molecule has 0 aliphatic rings. The number of halogens is 1. The molecule has 3 heteroatoms. The Morgan fingerprint density at radius 2 is 2.31 bits per heavy atom. The van der Waals surface area contributed by atoms with Crippen molar-refractivity contribution in [3.63, 3.8) is 0 Å². The molecular weight excluding hydrogens is 240 g/mol. The third-order valence-corrected chi connectivity index (χ3v) is 3.80. The van der Waals surface area contributed by atoms with Gasteiger partial charge in [0.1, 0.15) is 0 Å². The summed E-state index contributed by atoms with van der Waals surface area (Å²) < 4.78 is 0. The summed E-state index contributed by atoms with van der Waals surface area (Å²) in [4.78, 5) is 1.19. The van der Waals surface area contributed by atoms with Gasteiger partial charge in [0.05, 0.1) is 6.10 Å². The number of terminal acetylenes is 1. The maximum absolute atomic E-state index is 10.0. The lowest BCUT2D eigenvalue weighted by Gasteiger charge is -2.20. The molecule has 0 radical (unpaired) electrons. The molecule has 3 unspecified atom stereocenters. The fourth-order valence-corrected chi connectivity index (χ4v) is 2.75. The first-order valence-corrected chi connectivity index (χ1v) is 6.75. The largest absolute Gasteiger partial charge is 0.391 e. The maximum Gasteiger partial charge on any atom is 0.0725 e. The molecular formula is C13H17ClOS. The molecule has 1 heterocycles. The predicted molar refractivity (Wildman–Crippen MR) is 71.1 cm³/mol. The normalized spacial score (nSPS) is 16.4. The first-order valence-electron chi connectivity index (χ1n) is 5.44. The maximum atomic E-state index is 10.0. The van der Waals surface area contributed by atoms with Crippen LogP contribution in [0.2, 0.25) is 0 Å². The highest BCUT2D eigenvalue weighted by molar-refractivity contribution is 7.10. The molecule has 0 aliphatic heterocycles. The van der Waals surface area contributed by atoms with Gasteiger partial charge in [0, 0.05) is 22.6 Å². The van der Waals surface area contributed by atoms with E-state index in [1.54, 1.807) is 11.3 Å². The van der Waals surface area contributed by atoms with Crippen molar-refractivity contribution < 1.29 is 5.11 Å². The molecule has 1 N–H and O–H groups in total. The van der Waals surface area contributed by atoms with Crippen LogP contribution in [0.1, 0.15) is 37.0 Å². The van der Waals surface area contributed by atoms with Crippen molar-refractivity contribution in [2.45, 2.75) is 43.6 Å². The van der Waals surface area contributed by atoms with Crippen LogP contribution in [0.3, 0.4) is 0 Å². The van der Waals surface area contributed by atoms with Crippen LogP contribution in [0.25, 0.3) is 0 Å². The molecule has 0 saturated carbocycles. The van der Waals surface area contributed by atoms with Gasteiger partial charge in [0.15, 0.2) is 0 Å². The Balaban J connectivity index is 2.66. The standard InChI is InChI=1S/C13H17ClOS/c1-3-5-12(15)11(8-7-10(2)14)13-6-4-9-16-13/h1,4,6,9-12,15H,5,7-8H2,2H3. The quantitative estimate of drug-likeness (QED) is 0.609. The van der Waals surface area contributed by atoms with Crippen molar-refractivity contribution in [2.24, 2.45) is 0 Å². The lowest BCUT2D eigenvalue weighted by molar-refractivity contribution is 0.144. The summed E-state index contributed by atoms with van der Waals surface area (Å²) in [6.45, 7) is 1.97. The molecule has 0 amide bonds. The minimum absolute atomic E-state index is 0.122. The third kappa shape index (κ3) is 4.17. The zero-order valence-corrected chi connectivity index (χ0v) is 11.0. The third-order valence-electron chi connectivity index (χ3n) is 2.58. The van der Waals surface area contributed by atoms with Crippen molar-refractivity contribution in [2.75, 3.05) is 0 Å². The number of aliphatic hydroxyl groups is 1. The Bertz CT molecular complexity index is 326. The second kappa shape index (κ2) is 6.96. The molecule has 0 fully saturated rings. The SMILES string of the molecule is C#CCC(O)C(CCC(C)Cl)c1cccs1. The zero-order valence-electron chi connectivity index (χ0n) is 9.40. The van der Waals surface area contributed by atoms with Gasteiger partial charge >= 0.3 is 0 Å². The van der Waals surface area contributed by atoms with Gasteiger partial charge < -0.3 is 5.11 Å². The van der Waals surface area contributed by atoms with Gasteiger partial charge in [-0.3, -0.25) is 0 Å². The average molecular weight is 257 g/mol. The van der Waals surface area contributed by atoms with E-state index in [0.29, 0.717) is 6.42 Å². The molecule has 1 nitrogen and oxygen atoms in total. The second-order valence-electron chi connectivity index (χ2n) is 3.96. The van der Waals surface area contributed by atoms with E-state index in [1.165, 1.54) is 4.88 Å². The van der Waals surface area contributed by atoms with Crippen molar-refractivity contribution in [3.05, 3.63) is 22.4 Å². The van der Waals surface area contributed by atoms with Gasteiger partial charge in [-0.2, -0.15) is 0 Å². The molecule has 88 valence electrons. The summed E-state index contributed by atoms with van der Waals surface area (Å²) in [5.74, 6) is 2.64. The van der Waals surface area contributed by atoms with Gasteiger partial charge in [0.2, 0.25) is 0 Å². The summed E-state index contributed by atoms with van der Waals surface area (Å²) in [6.07, 6.45) is 6.96. The summed E-state index contributed by atoms with van der Waals surface area (Å²) in [7, 11) is 0. The number of aliphatic hydroxyl groups excluding tert-OH is 1. The number of alkyl halides is 1. The summed E-state index contributed by atoms with van der Waals surface area (Å²) >= 11 is 7.61. The molecule has 0 aliphatic carbocycles. The summed E-state index contributed by atoms with van der Waals surface area (Å²) in [6, 6.07) is 4.05. The van der Waals surface area contributed by atoms with Crippen LogP contribution in [0, 0.1) is 12.3 Å². The van der Waals surface area contributed by atoms with E-state index in [2.05, 4.69) is 5.92 Å². The molecule has 0 spiro atoms. The van der Waals surface area contributed by atoms with Crippen LogP contribution >= 0.6 is 22.9 Å². The molecule has 16 heavy (non-hydrogen) atoms. The van der Waals surface area contributed by atoms with Gasteiger partial charge in [-0.1, -0.05) is 6.07 Å². The van der Waals surface area contributed by atoms with Crippen molar-refractivity contribution in [3.8, 4) is 12.3 Å². The minimum atomic E-state index is -0.459. The molecule has 1 rings (SSSR count). The molecule has 1 aromatic rings. The molecule has 0 aromatic carbocycles. The lowest BCUT2D eigenvalue weighted by atomic mass is 9.92. The van der Waals surface area contributed by atoms with E-state index >= 15 is 0 Å². The fourth-order valence-electron chi connectivity index (χ4n) is 1.70. The molecule has 3 atom stereocenters. The Labute approximate surface area is 106 Å². The Kier molecular flexibility index (Phi) is 5.90. The van der Waals surface area contributed by atoms with Crippen LogP contribution in [0.5, 0.6) is 0 Å². The monoisotopic (exact) mass is 256 g/mol. The highest BCUT2D eigenvalue weighted by atomic mass is 35.5. The van der Waals surface area contributed by atoms with E-state index in [4.69, 9.17) is 18.0 Å². The van der Waals surface area contributed by atoms with Crippen LogP contribution in [-0.2, 0) is 0 Å². The van der Waals surface area contributed by atoms with Crippen LogP contribution in [0.4, 0.5) is 0 Å². The molecule has 0 saturated heterocycles. The van der Waals surface area contributed by atoms with Gasteiger partial charge in [-0.25, -0.2) is 0 Å². The smallest absolute Gasteiger partial charge is 0.0725 e. The van der Waals surface area contributed by atoms with E-state index < -0.39 is 6.10 Å². The van der Waals surface area contributed by atoms with E-state index in [-0.39, 0.29) is 11.3 Å². The second-order valence-corrected chi connectivity index (χ2v) is 5.68. The first-order chi connectivity index (χ1) is 7.65. The highest BCUT2D eigenvalue weighted by Crippen LogP contribution is 2.31. The Morgan fingerprint density at radius 3 is 2.81 bits per heavy atom. The van der Waals surface area contributed by atoms with Crippen LogP contribution in [-0.4, -0.2) is 16.6 Å². The Morgan fingerprint density at radius 1 is 1.56 bits per heavy atom. The zero-order chi connectivity index (χ0) is 12.0. The highest BCUT2D eigenvalue weighted by Gasteiger charge is 2.21. The van der Waals surface area contributed by atoms with Crippen molar-refractivity contribution in [1.82, 2.24) is 0 Å². The van der Waals surface area contributed by atoms with Crippen LogP contribution in [0.15, 0.2) is 17.5 Å². The Hall–Kier alpha value is -0.490. The van der Waals surface area contributed by atoms with Crippen molar-refractivity contribution >= 4 is 22.9 Å². The van der Waals surface area contributed by atoms with Gasteiger partial charge in [-0.05, 0) is 31.2 Å². The topological polar surface area (TPSA) is 20.2 Å². The number of thiophene rings is 1. The predicted octanol–water partition coefficient (Wildman–Crippen LogP) is 3.62. The first kappa shape index (κ1) is 13.6. The van der Waals surface area contributed by atoms with Crippen LogP contribution < -0.4 is 0 Å². The number of hydrogen-bond donors (Lipinski definition) is 1.